The Bertz CT molecular complexity index is 528. The van der Waals surface area contributed by atoms with Crippen molar-refractivity contribution in [2.45, 2.75) is 46.0 Å². The van der Waals surface area contributed by atoms with Gasteiger partial charge in [-0.05, 0) is 25.2 Å². The number of nitrogen functional groups attached to an aromatic ring is 1. The number of nitrogens with one attached hydrogen (secondary N) is 2. The topological polar surface area (TPSA) is 119 Å². The van der Waals surface area contributed by atoms with Gasteiger partial charge in [-0.2, -0.15) is 4.98 Å². The lowest BCUT2D eigenvalue weighted by atomic mass is 9.76. The van der Waals surface area contributed by atoms with E-state index >= 15 is 0 Å². The number of aromatic nitrogens is 2. The molecule has 116 valence electrons. The maximum atomic E-state index is 11.2. The number of nitrogens with zero attached hydrogens (tertiary/aromatic N) is 3. The molecule has 21 heavy (non-hydrogen) atoms. The van der Waals surface area contributed by atoms with Gasteiger partial charge in [0, 0.05) is 6.54 Å². The summed E-state index contributed by atoms with van der Waals surface area (Å²) < 4.78 is 0. The maximum absolute atomic E-state index is 11.2. The molecule has 1 aliphatic rings. The molecule has 1 aliphatic carbocycles. The summed E-state index contributed by atoms with van der Waals surface area (Å²) >= 11 is 0. The second-order valence-electron chi connectivity index (χ2n) is 5.96. The largest absolute Gasteiger partial charge is 0.364 e. The van der Waals surface area contributed by atoms with E-state index in [-0.39, 0.29) is 22.9 Å². The molecular formula is C13H22N6O2. The van der Waals surface area contributed by atoms with Gasteiger partial charge in [-0.1, -0.05) is 26.2 Å². The zero-order valence-electron chi connectivity index (χ0n) is 12.5. The molecule has 8 nitrogen and oxygen atoms in total. The first-order valence-electron chi connectivity index (χ1n) is 7.19. The Balaban J connectivity index is 2.21. The number of nitrogens with two attached hydrogens (primary N) is 1. The van der Waals surface area contributed by atoms with Crippen LogP contribution in [-0.4, -0.2) is 21.4 Å². The smallest absolute Gasteiger partial charge is 0.332 e. The molecule has 0 amide bonds. The first-order chi connectivity index (χ1) is 9.95. The summed E-state index contributed by atoms with van der Waals surface area (Å²) in [4.78, 5) is 18.8. The Kier molecular flexibility index (Phi) is 4.56. The fourth-order valence-electron chi connectivity index (χ4n) is 2.85. The number of hydrazine groups is 1. The van der Waals surface area contributed by atoms with E-state index in [0.29, 0.717) is 12.2 Å². The van der Waals surface area contributed by atoms with Crippen LogP contribution in [0.2, 0.25) is 0 Å². The van der Waals surface area contributed by atoms with Crippen LogP contribution in [0, 0.1) is 22.5 Å². The van der Waals surface area contributed by atoms with Crippen LogP contribution in [-0.2, 0) is 0 Å². The molecule has 1 saturated carbocycles. The minimum Gasteiger partial charge on any atom is -0.364 e. The number of nitro groups is 1. The third-order valence-corrected chi connectivity index (χ3v) is 4.11. The highest BCUT2D eigenvalue weighted by molar-refractivity contribution is 5.60. The minimum atomic E-state index is -0.457. The van der Waals surface area contributed by atoms with Gasteiger partial charge >= 0.3 is 5.69 Å². The van der Waals surface area contributed by atoms with Crippen LogP contribution in [0.4, 0.5) is 17.5 Å². The van der Waals surface area contributed by atoms with Crippen molar-refractivity contribution in [2.75, 3.05) is 17.3 Å². The molecule has 0 saturated heterocycles. The van der Waals surface area contributed by atoms with Gasteiger partial charge in [0.1, 0.15) is 5.69 Å². The molecule has 2 rings (SSSR count). The van der Waals surface area contributed by atoms with Crippen LogP contribution in [0.5, 0.6) is 0 Å². The van der Waals surface area contributed by atoms with Crippen LogP contribution < -0.4 is 16.6 Å². The Morgan fingerprint density at radius 2 is 2.00 bits per heavy atom. The van der Waals surface area contributed by atoms with E-state index in [1.54, 1.807) is 6.92 Å². The zero-order valence-corrected chi connectivity index (χ0v) is 12.5. The first kappa shape index (κ1) is 15.4. The van der Waals surface area contributed by atoms with Crippen molar-refractivity contribution < 1.29 is 4.92 Å². The van der Waals surface area contributed by atoms with E-state index < -0.39 is 4.92 Å². The summed E-state index contributed by atoms with van der Waals surface area (Å²) in [5.74, 6) is 5.71. The summed E-state index contributed by atoms with van der Waals surface area (Å²) in [6.07, 6.45) is 5.93. The van der Waals surface area contributed by atoms with Crippen LogP contribution >= 0.6 is 0 Å². The van der Waals surface area contributed by atoms with Crippen molar-refractivity contribution in [3.8, 4) is 0 Å². The van der Waals surface area contributed by atoms with Crippen LogP contribution in [0.15, 0.2) is 0 Å². The first-order valence-corrected chi connectivity index (χ1v) is 7.19. The molecule has 1 heterocycles. The number of hydrogen-bond donors (Lipinski definition) is 3. The molecule has 0 aliphatic heterocycles. The van der Waals surface area contributed by atoms with E-state index in [1.165, 1.54) is 19.3 Å². The van der Waals surface area contributed by atoms with Crippen molar-refractivity contribution >= 4 is 17.5 Å². The van der Waals surface area contributed by atoms with Gasteiger partial charge < -0.3 is 5.32 Å². The molecule has 0 radical (unpaired) electrons. The van der Waals surface area contributed by atoms with Crippen molar-refractivity contribution in [1.29, 1.82) is 0 Å². The lowest BCUT2D eigenvalue weighted by molar-refractivity contribution is -0.385. The maximum Gasteiger partial charge on any atom is 0.332 e. The Hall–Kier alpha value is -1.96. The SMILES string of the molecule is Cc1nc(NN)nc(NCC2(C)CCCCC2)c1[N+](=O)[O-]. The molecule has 4 N–H and O–H groups in total. The van der Waals surface area contributed by atoms with Gasteiger partial charge in [-0.25, -0.2) is 10.8 Å². The van der Waals surface area contributed by atoms with Crippen molar-refractivity contribution in [3.63, 3.8) is 0 Å². The number of hydrogen-bond acceptors (Lipinski definition) is 7. The van der Waals surface area contributed by atoms with Crippen molar-refractivity contribution in [2.24, 2.45) is 11.3 Å². The van der Waals surface area contributed by atoms with Crippen molar-refractivity contribution in [3.05, 3.63) is 15.8 Å². The summed E-state index contributed by atoms with van der Waals surface area (Å²) in [7, 11) is 0. The lowest BCUT2D eigenvalue weighted by Crippen LogP contribution is -2.29. The van der Waals surface area contributed by atoms with Gasteiger partial charge in [-0.3, -0.25) is 15.5 Å². The Labute approximate surface area is 123 Å². The number of rotatable bonds is 5. The summed E-state index contributed by atoms with van der Waals surface area (Å²) in [6.45, 7) is 4.45. The second kappa shape index (κ2) is 6.21. The highest BCUT2D eigenvalue weighted by atomic mass is 16.6. The Morgan fingerprint density at radius 3 is 2.57 bits per heavy atom. The molecule has 1 fully saturated rings. The molecular weight excluding hydrogens is 272 g/mol. The van der Waals surface area contributed by atoms with E-state index in [1.807, 2.05) is 0 Å². The summed E-state index contributed by atoms with van der Waals surface area (Å²) in [5.41, 5.74) is 2.69. The monoisotopic (exact) mass is 294 g/mol. The lowest BCUT2D eigenvalue weighted by Gasteiger charge is -2.33. The van der Waals surface area contributed by atoms with Crippen LogP contribution in [0.3, 0.4) is 0 Å². The van der Waals surface area contributed by atoms with Crippen LogP contribution in [0.1, 0.15) is 44.7 Å². The van der Waals surface area contributed by atoms with Crippen molar-refractivity contribution in [1.82, 2.24) is 9.97 Å². The standard InChI is InChI=1S/C13H22N6O2/c1-9-10(19(20)21)11(17-12(16-9)18-14)15-8-13(2)6-4-3-5-7-13/h3-8,14H2,1-2H3,(H2,15,16,17,18). The molecule has 0 bridgehead atoms. The zero-order chi connectivity index (χ0) is 15.5. The Morgan fingerprint density at radius 1 is 1.33 bits per heavy atom. The molecule has 1 aromatic rings. The van der Waals surface area contributed by atoms with Gasteiger partial charge in [0.05, 0.1) is 4.92 Å². The molecule has 0 atom stereocenters. The third-order valence-electron chi connectivity index (χ3n) is 4.11. The van der Waals surface area contributed by atoms with Gasteiger partial charge in [-0.15, -0.1) is 0 Å². The van der Waals surface area contributed by atoms with E-state index in [4.69, 9.17) is 5.84 Å². The average molecular weight is 294 g/mol. The summed E-state index contributed by atoms with van der Waals surface area (Å²) in [6, 6.07) is 0. The number of anilines is 2. The molecule has 8 heteroatoms. The van der Waals surface area contributed by atoms with E-state index in [0.717, 1.165) is 12.8 Å². The minimum absolute atomic E-state index is 0.0894. The second-order valence-corrected chi connectivity index (χ2v) is 5.96. The van der Waals surface area contributed by atoms with Gasteiger partial charge in [0.15, 0.2) is 0 Å². The average Bonchev–Trinajstić information content (AvgIpc) is 2.45. The predicted octanol–water partition coefficient (Wildman–Crippen LogP) is 2.36. The molecule has 0 aromatic carbocycles. The number of aryl methyl sites for hydroxylation is 1. The normalized spacial score (nSPS) is 17.3. The van der Waals surface area contributed by atoms with Crippen LogP contribution in [0.25, 0.3) is 0 Å². The third kappa shape index (κ3) is 3.57. The quantitative estimate of drug-likeness (QED) is 0.433. The van der Waals surface area contributed by atoms with E-state index in [2.05, 4.69) is 27.6 Å². The van der Waals surface area contributed by atoms with Gasteiger partial charge in [0.2, 0.25) is 11.8 Å². The highest BCUT2D eigenvalue weighted by Gasteiger charge is 2.29. The molecule has 1 aromatic heterocycles. The fourth-order valence-corrected chi connectivity index (χ4v) is 2.85. The predicted molar refractivity (Wildman–Crippen MR) is 80.9 cm³/mol. The molecule has 0 unspecified atom stereocenters. The van der Waals surface area contributed by atoms with E-state index in [9.17, 15) is 10.1 Å². The fraction of sp³-hybridized carbons (Fsp3) is 0.692. The molecule has 0 spiro atoms. The summed E-state index contributed by atoms with van der Waals surface area (Å²) in [5, 5.41) is 14.3. The highest BCUT2D eigenvalue weighted by Crippen LogP contribution is 2.36. The van der Waals surface area contributed by atoms with Gasteiger partial charge in [0.25, 0.3) is 0 Å².